The molecule has 8 aromatic carbocycles. The van der Waals surface area contributed by atoms with Gasteiger partial charge in [0.2, 0.25) is 0 Å². The molecule has 0 amide bonds. The fraction of sp³-hybridized carbons (Fsp3) is 0. The van der Waals surface area contributed by atoms with E-state index in [1.54, 1.807) is 0 Å². The molecule has 12 rings (SSSR count). The van der Waals surface area contributed by atoms with Crippen LogP contribution < -0.4 is 0 Å². The van der Waals surface area contributed by atoms with E-state index in [0.717, 1.165) is 39.1 Å². The molecule has 0 atom stereocenters. The van der Waals surface area contributed by atoms with Crippen LogP contribution in [0, 0.1) is 0 Å². The summed E-state index contributed by atoms with van der Waals surface area (Å²) in [5, 5.41) is 12.7. The summed E-state index contributed by atoms with van der Waals surface area (Å²) in [6.45, 7) is 0. The summed E-state index contributed by atoms with van der Waals surface area (Å²) in [6, 6.07) is 52.6. The molecule has 0 spiro atoms. The largest absolute Gasteiger partial charge is 0.308 e. The third-order valence-corrected chi connectivity index (χ3v) is 10.6. The van der Waals surface area contributed by atoms with Crippen LogP contribution in [0.15, 0.2) is 146 Å². The Bertz CT molecular complexity index is 3280. The smallest absolute Gasteiger partial charge is 0.165 e. The molecule has 0 saturated carbocycles. The molecule has 4 nitrogen and oxygen atoms in total. The molecular formula is C44H24N4. The van der Waals surface area contributed by atoms with E-state index in [-0.39, 0.29) is 0 Å². The van der Waals surface area contributed by atoms with Gasteiger partial charge in [-0.1, -0.05) is 109 Å². The molecule has 4 heteroatoms. The van der Waals surface area contributed by atoms with Crippen LogP contribution in [0.5, 0.6) is 0 Å². The van der Waals surface area contributed by atoms with Crippen molar-refractivity contribution in [3.8, 4) is 17.1 Å². The van der Waals surface area contributed by atoms with Gasteiger partial charge in [-0.05, 0) is 57.9 Å². The maximum absolute atomic E-state index is 5.39. The van der Waals surface area contributed by atoms with E-state index in [4.69, 9.17) is 9.97 Å². The lowest BCUT2D eigenvalue weighted by atomic mass is 9.97. The zero-order chi connectivity index (χ0) is 31.1. The Balaban J connectivity index is 1.38. The predicted octanol–water partition coefficient (Wildman–Crippen LogP) is 11.3. The van der Waals surface area contributed by atoms with Crippen molar-refractivity contribution >= 4 is 92.5 Å². The summed E-state index contributed by atoms with van der Waals surface area (Å²) < 4.78 is 4.91. The van der Waals surface area contributed by atoms with Gasteiger partial charge in [0.25, 0.3) is 0 Å². The van der Waals surface area contributed by atoms with E-state index >= 15 is 0 Å². The van der Waals surface area contributed by atoms with Crippen molar-refractivity contribution in [1.29, 1.82) is 0 Å². The zero-order valence-electron chi connectivity index (χ0n) is 25.6. The highest BCUT2D eigenvalue weighted by atomic mass is 15.1. The van der Waals surface area contributed by atoms with Crippen LogP contribution in [0.4, 0.5) is 0 Å². The monoisotopic (exact) mass is 608 g/mol. The van der Waals surface area contributed by atoms with Gasteiger partial charge >= 0.3 is 0 Å². The van der Waals surface area contributed by atoms with E-state index in [9.17, 15) is 0 Å². The molecule has 0 radical (unpaired) electrons. The molecule has 0 aliphatic heterocycles. The molecule has 4 heterocycles. The van der Waals surface area contributed by atoms with Crippen LogP contribution in [0.25, 0.3) is 110 Å². The van der Waals surface area contributed by atoms with Crippen LogP contribution >= 0.6 is 0 Å². The second kappa shape index (κ2) is 8.64. The van der Waals surface area contributed by atoms with Crippen LogP contribution in [0.2, 0.25) is 0 Å². The Hall–Kier alpha value is -6.52. The molecule has 0 saturated heterocycles. The summed E-state index contributed by atoms with van der Waals surface area (Å²) in [6.07, 6.45) is 0. The lowest BCUT2D eigenvalue weighted by molar-refractivity contribution is 1.08. The molecule has 0 aliphatic rings. The number of nitrogens with zero attached hydrogens (tertiary/aromatic N) is 4. The molecule has 4 aromatic heterocycles. The number of rotatable bonds is 2. The van der Waals surface area contributed by atoms with E-state index in [1.807, 2.05) is 12.1 Å². The molecule has 48 heavy (non-hydrogen) atoms. The van der Waals surface area contributed by atoms with Crippen molar-refractivity contribution in [3.05, 3.63) is 146 Å². The van der Waals surface area contributed by atoms with Gasteiger partial charge in [0.1, 0.15) is 5.69 Å². The topological polar surface area (TPSA) is 35.1 Å². The van der Waals surface area contributed by atoms with Crippen molar-refractivity contribution in [1.82, 2.24) is 18.9 Å². The highest BCUT2D eigenvalue weighted by Crippen LogP contribution is 2.48. The van der Waals surface area contributed by atoms with E-state index in [2.05, 4.69) is 142 Å². The van der Waals surface area contributed by atoms with Gasteiger partial charge in [-0.2, -0.15) is 0 Å². The number of hydrogen-bond donors (Lipinski definition) is 0. The second-order valence-corrected chi connectivity index (χ2v) is 13.0. The van der Waals surface area contributed by atoms with Crippen LogP contribution in [-0.2, 0) is 0 Å². The molecule has 0 N–H and O–H groups in total. The summed E-state index contributed by atoms with van der Waals surface area (Å²) in [4.78, 5) is 10.7. The van der Waals surface area contributed by atoms with Crippen molar-refractivity contribution in [2.75, 3.05) is 0 Å². The summed E-state index contributed by atoms with van der Waals surface area (Å²) in [5.41, 5.74) is 9.67. The Morgan fingerprint density at radius 2 is 1.00 bits per heavy atom. The van der Waals surface area contributed by atoms with E-state index < -0.39 is 0 Å². The molecule has 0 aliphatic carbocycles. The molecule has 0 unspecified atom stereocenters. The van der Waals surface area contributed by atoms with Crippen molar-refractivity contribution in [2.24, 2.45) is 0 Å². The fourth-order valence-corrected chi connectivity index (χ4v) is 8.63. The van der Waals surface area contributed by atoms with E-state index in [0.29, 0.717) is 0 Å². The first-order chi connectivity index (χ1) is 23.8. The van der Waals surface area contributed by atoms with E-state index in [1.165, 1.54) is 70.4 Å². The van der Waals surface area contributed by atoms with Crippen molar-refractivity contribution in [2.45, 2.75) is 0 Å². The second-order valence-electron chi connectivity index (χ2n) is 13.0. The average molecular weight is 609 g/mol. The number of fused-ring (bicyclic) bond motifs is 7. The zero-order valence-corrected chi connectivity index (χ0v) is 25.6. The summed E-state index contributed by atoms with van der Waals surface area (Å²) >= 11 is 0. The number of benzene rings is 8. The van der Waals surface area contributed by atoms with Gasteiger partial charge in [0, 0.05) is 37.9 Å². The Morgan fingerprint density at radius 3 is 1.85 bits per heavy atom. The Morgan fingerprint density at radius 1 is 0.375 bits per heavy atom. The van der Waals surface area contributed by atoms with Gasteiger partial charge in [0.15, 0.2) is 5.82 Å². The van der Waals surface area contributed by atoms with Gasteiger partial charge in [-0.25, -0.2) is 9.97 Å². The van der Waals surface area contributed by atoms with Crippen molar-refractivity contribution < 1.29 is 0 Å². The summed E-state index contributed by atoms with van der Waals surface area (Å²) in [5.74, 6) is 0.843. The minimum atomic E-state index is 0.843. The van der Waals surface area contributed by atoms with Crippen molar-refractivity contribution in [3.63, 3.8) is 0 Å². The third-order valence-electron chi connectivity index (χ3n) is 10.6. The van der Waals surface area contributed by atoms with Gasteiger partial charge < -0.3 is 4.40 Å². The quantitative estimate of drug-likeness (QED) is 0.196. The maximum atomic E-state index is 5.39. The molecule has 220 valence electrons. The Kier molecular flexibility index (Phi) is 4.44. The minimum absolute atomic E-state index is 0.843. The van der Waals surface area contributed by atoms with Crippen LogP contribution in [0.3, 0.4) is 0 Å². The number of aromatic nitrogens is 4. The number of para-hydroxylation sites is 2. The first kappa shape index (κ1) is 24.7. The van der Waals surface area contributed by atoms with Gasteiger partial charge in [-0.15, -0.1) is 0 Å². The SMILES string of the molecule is c1ccc(-c2nc3ccccc3nc2-n2c3ccc4cccc5c4c3c3c4c(ccc6c7c8ccccc8ccc7n5c64)ccc32)cc1. The van der Waals surface area contributed by atoms with Crippen LogP contribution in [-0.4, -0.2) is 18.9 Å². The average Bonchev–Trinajstić information content (AvgIpc) is 3.63. The summed E-state index contributed by atoms with van der Waals surface area (Å²) in [7, 11) is 0. The number of hydrogen-bond acceptors (Lipinski definition) is 2. The van der Waals surface area contributed by atoms with Gasteiger partial charge in [0.05, 0.1) is 38.6 Å². The highest BCUT2D eigenvalue weighted by molar-refractivity contribution is 6.38. The third kappa shape index (κ3) is 2.92. The fourth-order valence-electron chi connectivity index (χ4n) is 8.63. The lowest BCUT2D eigenvalue weighted by Crippen LogP contribution is -2.03. The normalized spacial score (nSPS) is 12.6. The molecule has 0 bridgehead atoms. The molecular weight excluding hydrogens is 585 g/mol. The maximum Gasteiger partial charge on any atom is 0.165 e. The van der Waals surface area contributed by atoms with Crippen LogP contribution in [0.1, 0.15) is 0 Å². The standard InChI is InChI=1S/C44H24N4/c1-2-10-28(11-3-1)42-44(46-32-15-7-6-14-31(32)45-42)48-35-23-19-26-12-8-16-33-37(26)40(35)41-36(48)24-20-27-17-21-30-39-29-13-5-4-9-25(29)18-22-34(39)47(33)43(30)38(27)41/h1-24H. The lowest BCUT2D eigenvalue weighted by Gasteiger charge is -2.14. The Labute approximate surface area is 273 Å². The first-order valence-electron chi connectivity index (χ1n) is 16.4. The molecule has 12 aromatic rings. The highest BCUT2D eigenvalue weighted by Gasteiger charge is 2.26. The molecule has 0 fully saturated rings. The predicted molar refractivity (Wildman–Crippen MR) is 200 cm³/mol. The minimum Gasteiger partial charge on any atom is -0.308 e. The first-order valence-corrected chi connectivity index (χ1v) is 16.4. The van der Waals surface area contributed by atoms with Gasteiger partial charge in [-0.3, -0.25) is 4.57 Å².